The van der Waals surface area contributed by atoms with Gasteiger partial charge in [-0.15, -0.1) is 0 Å². The van der Waals surface area contributed by atoms with E-state index in [1.54, 1.807) is 4.90 Å². The number of amides is 1. The Bertz CT molecular complexity index is 916. The molecule has 1 fully saturated rings. The smallest absolute Gasteiger partial charge is 0.410 e. The summed E-state index contributed by atoms with van der Waals surface area (Å²) >= 11 is 1.30. The van der Waals surface area contributed by atoms with Crippen LogP contribution in [0.2, 0.25) is 0 Å². The van der Waals surface area contributed by atoms with Gasteiger partial charge in [0.2, 0.25) is 0 Å². The van der Waals surface area contributed by atoms with E-state index in [1.165, 1.54) is 17.7 Å². The van der Waals surface area contributed by atoms with Crippen LogP contribution in [0.15, 0.2) is 12.3 Å². The molecule has 1 aliphatic rings. The number of ether oxygens (including phenoxy) is 1. The van der Waals surface area contributed by atoms with E-state index in [-0.39, 0.29) is 17.8 Å². The standard InChI is InChI=1S/C19H25N7O2S/c1-12-8-16(29-25-12)24-17-14(9-20)21-10-15(23-17)22-13-6-5-7-26(11-13)18(27)28-19(2,3)4/h8,10,13H,5-7,11H2,1-4H3,(H2,22,23,24)/t13-/m0/s1. The lowest BCUT2D eigenvalue weighted by Crippen LogP contribution is -2.47. The molecule has 1 amide bonds. The van der Waals surface area contributed by atoms with E-state index in [0.717, 1.165) is 23.5 Å². The van der Waals surface area contributed by atoms with Crippen molar-refractivity contribution in [3.8, 4) is 6.07 Å². The van der Waals surface area contributed by atoms with Crippen molar-refractivity contribution in [3.05, 3.63) is 23.7 Å². The van der Waals surface area contributed by atoms with Crippen LogP contribution in [0.25, 0.3) is 0 Å². The summed E-state index contributed by atoms with van der Waals surface area (Å²) in [5.74, 6) is 0.921. The lowest BCUT2D eigenvalue weighted by molar-refractivity contribution is 0.0206. The monoisotopic (exact) mass is 415 g/mol. The van der Waals surface area contributed by atoms with Crippen molar-refractivity contribution in [3.63, 3.8) is 0 Å². The first-order chi connectivity index (χ1) is 13.7. The van der Waals surface area contributed by atoms with E-state index in [0.29, 0.717) is 24.7 Å². The Morgan fingerprint density at radius 3 is 2.90 bits per heavy atom. The predicted molar refractivity (Wildman–Crippen MR) is 111 cm³/mol. The van der Waals surface area contributed by atoms with Crippen LogP contribution in [-0.4, -0.2) is 50.1 Å². The molecule has 0 radical (unpaired) electrons. The van der Waals surface area contributed by atoms with Gasteiger partial charge >= 0.3 is 6.09 Å². The number of hydrogen-bond acceptors (Lipinski definition) is 9. The molecule has 0 saturated carbocycles. The van der Waals surface area contributed by atoms with Crippen molar-refractivity contribution in [2.24, 2.45) is 0 Å². The largest absolute Gasteiger partial charge is 0.444 e. The summed E-state index contributed by atoms with van der Waals surface area (Å²) < 4.78 is 9.69. The minimum atomic E-state index is -0.522. The molecule has 29 heavy (non-hydrogen) atoms. The minimum Gasteiger partial charge on any atom is -0.444 e. The van der Waals surface area contributed by atoms with E-state index >= 15 is 0 Å². The van der Waals surface area contributed by atoms with Crippen LogP contribution in [0.5, 0.6) is 0 Å². The maximum atomic E-state index is 12.4. The lowest BCUT2D eigenvalue weighted by atomic mass is 10.1. The van der Waals surface area contributed by atoms with Crippen molar-refractivity contribution in [2.45, 2.75) is 52.2 Å². The number of rotatable bonds is 4. The highest BCUT2D eigenvalue weighted by Gasteiger charge is 2.28. The first-order valence-corrected chi connectivity index (χ1v) is 10.2. The van der Waals surface area contributed by atoms with Crippen LogP contribution in [0.1, 0.15) is 45.0 Å². The molecule has 0 bridgehead atoms. The fraction of sp³-hybridized carbons (Fsp3) is 0.526. The molecule has 1 saturated heterocycles. The molecule has 3 heterocycles. The zero-order chi connectivity index (χ0) is 21.0. The van der Waals surface area contributed by atoms with E-state index in [2.05, 4.69) is 25.0 Å². The van der Waals surface area contributed by atoms with Crippen LogP contribution < -0.4 is 10.6 Å². The second-order valence-corrected chi connectivity index (χ2v) is 8.74. The Kier molecular flexibility index (Phi) is 6.17. The second kappa shape index (κ2) is 8.61. The van der Waals surface area contributed by atoms with E-state index in [9.17, 15) is 10.1 Å². The predicted octanol–water partition coefficient (Wildman–Crippen LogP) is 3.67. The molecular weight excluding hydrogens is 390 g/mol. The van der Waals surface area contributed by atoms with Crippen molar-refractivity contribution in [1.29, 1.82) is 5.26 Å². The maximum absolute atomic E-state index is 12.4. The van der Waals surface area contributed by atoms with Gasteiger partial charge in [-0.1, -0.05) is 0 Å². The number of piperidine rings is 1. The Morgan fingerprint density at radius 1 is 1.45 bits per heavy atom. The minimum absolute atomic E-state index is 0.0250. The van der Waals surface area contributed by atoms with Crippen molar-refractivity contribution >= 4 is 34.3 Å². The number of likely N-dealkylation sites (tertiary alicyclic amines) is 1. The Balaban J connectivity index is 1.68. The summed E-state index contributed by atoms with van der Waals surface area (Å²) in [5, 5.41) is 16.5. The molecule has 154 valence electrons. The van der Waals surface area contributed by atoms with Gasteiger partial charge in [-0.25, -0.2) is 14.8 Å². The number of anilines is 3. The van der Waals surface area contributed by atoms with Gasteiger partial charge in [0.15, 0.2) is 11.5 Å². The van der Waals surface area contributed by atoms with E-state index < -0.39 is 5.60 Å². The maximum Gasteiger partial charge on any atom is 0.410 e. The van der Waals surface area contributed by atoms with Crippen molar-refractivity contribution < 1.29 is 9.53 Å². The zero-order valence-corrected chi connectivity index (χ0v) is 17.8. The molecule has 10 heteroatoms. The Labute approximate surface area is 174 Å². The SMILES string of the molecule is Cc1cc(Nc2nc(N[C@H]3CCCN(C(=O)OC(C)(C)C)C3)cnc2C#N)sn1. The summed E-state index contributed by atoms with van der Waals surface area (Å²) in [6, 6.07) is 3.96. The Hall–Kier alpha value is -2.93. The summed E-state index contributed by atoms with van der Waals surface area (Å²) in [6.45, 7) is 8.66. The van der Waals surface area contributed by atoms with Crippen LogP contribution in [0.3, 0.4) is 0 Å². The lowest BCUT2D eigenvalue weighted by Gasteiger charge is -2.34. The fourth-order valence-electron chi connectivity index (χ4n) is 2.96. The molecule has 2 N–H and O–H groups in total. The zero-order valence-electron chi connectivity index (χ0n) is 17.0. The number of carbonyl (C=O) groups is 1. The molecule has 0 aromatic carbocycles. The molecule has 1 atom stereocenters. The Morgan fingerprint density at radius 2 is 2.24 bits per heavy atom. The first-order valence-electron chi connectivity index (χ1n) is 9.45. The number of hydrogen-bond donors (Lipinski definition) is 2. The molecular formula is C19H25N7O2S. The van der Waals surface area contributed by atoms with Gasteiger partial charge in [0, 0.05) is 19.1 Å². The number of carbonyl (C=O) groups excluding carboxylic acids is 1. The topological polar surface area (TPSA) is 116 Å². The molecule has 2 aromatic rings. The second-order valence-electron chi connectivity index (χ2n) is 7.93. The average Bonchev–Trinajstić information content (AvgIpc) is 3.05. The van der Waals surface area contributed by atoms with Crippen LogP contribution in [0.4, 0.5) is 21.4 Å². The molecule has 0 spiro atoms. The van der Waals surface area contributed by atoms with Gasteiger partial charge in [0.05, 0.1) is 11.9 Å². The summed E-state index contributed by atoms with van der Waals surface area (Å²) in [6.07, 6.45) is 3.00. The molecule has 1 aliphatic heterocycles. The average molecular weight is 416 g/mol. The van der Waals surface area contributed by atoms with Crippen LogP contribution in [-0.2, 0) is 4.74 Å². The van der Waals surface area contributed by atoms with Gasteiger partial charge < -0.3 is 20.3 Å². The van der Waals surface area contributed by atoms with Gasteiger partial charge in [0.25, 0.3) is 0 Å². The number of nitriles is 1. The third-order valence-corrected chi connectivity index (χ3v) is 4.97. The summed E-state index contributed by atoms with van der Waals surface area (Å²) in [4.78, 5) is 22.8. The molecule has 9 nitrogen and oxygen atoms in total. The van der Waals surface area contributed by atoms with Crippen LogP contribution >= 0.6 is 11.5 Å². The van der Waals surface area contributed by atoms with Gasteiger partial charge in [-0.3, -0.25) is 0 Å². The number of aryl methyl sites for hydroxylation is 1. The fourth-order valence-corrected chi connectivity index (χ4v) is 3.62. The van der Waals surface area contributed by atoms with Gasteiger partial charge in [-0.2, -0.15) is 9.64 Å². The van der Waals surface area contributed by atoms with Gasteiger partial charge in [0.1, 0.15) is 22.5 Å². The van der Waals surface area contributed by atoms with Crippen molar-refractivity contribution in [1.82, 2.24) is 19.2 Å². The third kappa shape index (κ3) is 5.77. The highest BCUT2D eigenvalue weighted by molar-refractivity contribution is 7.10. The summed E-state index contributed by atoms with van der Waals surface area (Å²) in [7, 11) is 0. The molecule has 3 rings (SSSR count). The highest BCUT2D eigenvalue weighted by atomic mass is 32.1. The number of nitrogens with one attached hydrogen (secondary N) is 2. The number of nitrogens with zero attached hydrogens (tertiary/aromatic N) is 5. The molecule has 2 aromatic heterocycles. The summed E-state index contributed by atoms with van der Waals surface area (Å²) in [5.41, 5.74) is 0.578. The molecule has 0 unspecified atom stereocenters. The van der Waals surface area contributed by atoms with Crippen molar-refractivity contribution in [2.75, 3.05) is 23.7 Å². The quantitative estimate of drug-likeness (QED) is 0.777. The third-order valence-electron chi connectivity index (χ3n) is 4.17. The van der Waals surface area contributed by atoms with Gasteiger partial charge in [-0.05, 0) is 58.1 Å². The normalized spacial score (nSPS) is 16.8. The first kappa shape index (κ1) is 20.8. The molecule has 0 aliphatic carbocycles. The van der Waals surface area contributed by atoms with Crippen LogP contribution in [0, 0.1) is 18.3 Å². The number of aromatic nitrogens is 3. The van der Waals surface area contributed by atoms with E-state index in [1.807, 2.05) is 39.8 Å². The van der Waals surface area contributed by atoms with E-state index in [4.69, 9.17) is 4.74 Å². The highest BCUT2D eigenvalue weighted by Crippen LogP contribution is 2.24.